The van der Waals surface area contributed by atoms with Crippen molar-refractivity contribution in [3.63, 3.8) is 0 Å². The van der Waals surface area contributed by atoms with E-state index in [1.165, 1.54) is 5.69 Å². The zero-order chi connectivity index (χ0) is 10.7. The number of rotatable bonds is 2. The third kappa shape index (κ3) is 2.56. The van der Waals surface area contributed by atoms with Crippen LogP contribution in [0.3, 0.4) is 0 Å². The molecule has 0 radical (unpaired) electrons. The van der Waals surface area contributed by atoms with Gasteiger partial charge >= 0.3 is 0 Å². The van der Waals surface area contributed by atoms with Gasteiger partial charge in [0.15, 0.2) is 0 Å². The molecular weight excluding hydrogens is 212 g/mol. The molecule has 0 saturated carbocycles. The number of hydrogen-bond acceptors (Lipinski definition) is 2. The van der Waals surface area contributed by atoms with Gasteiger partial charge in [0.2, 0.25) is 11.3 Å². The molecule has 0 aromatic heterocycles. The molecule has 0 aliphatic carbocycles. The molecular formula is C10H14N2O2S. The van der Waals surface area contributed by atoms with Crippen molar-refractivity contribution in [1.29, 1.82) is 0 Å². The summed E-state index contributed by atoms with van der Waals surface area (Å²) in [5.41, 5.74) is 1.18. The molecule has 0 spiro atoms. The summed E-state index contributed by atoms with van der Waals surface area (Å²) in [6, 6.07) is 10.1. The molecule has 2 rings (SSSR count). The minimum absolute atomic E-state index is 0.637. The van der Waals surface area contributed by atoms with Crippen LogP contribution in [0, 0.1) is 0 Å². The van der Waals surface area contributed by atoms with Crippen LogP contribution in [0.15, 0.2) is 30.3 Å². The van der Waals surface area contributed by atoms with E-state index >= 15 is 0 Å². The summed E-state index contributed by atoms with van der Waals surface area (Å²) in [5.74, 6) is 0. The summed E-state index contributed by atoms with van der Waals surface area (Å²) in [4.78, 5) is 2.23. The summed E-state index contributed by atoms with van der Waals surface area (Å²) in [6.45, 7) is 2.88. The first-order valence-corrected chi connectivity index (χ1v) is 5.99. The summed E-state index contributed by atoms with van der Waals surface area (Å²) in [7, 11) is 0. The van der Waals surface area contributed by atoms with Gasteiger partial charge in [0.25, 0.3) is 0 Å². The summed E-state index contributed by atoms with van der Waals surface area (Å²) < 4.78 is 21.3. The molecule has 1 N–H and O–H groups in total. The highest BCUT2D eigenvalue weighted by atomic mass is 32.2. The SMILES string of the molecule is O=S(O)N1CCN(c2ccccc2)CC1. The Morgan fingerprint density at radius 2 is 1.67 bits per heavy atom. The van der Waals surface area contributed by atoms with E-state index in [4.69, 9.17) is 4.55 Å². The number of piperazine rings is 1. The van der Waals surface area contributed by atoms with E-state index in [0.717, 1.165) is 13.1 Å². The lowest BCUT2D eigenvalue weighted by molar-refractivity contribution is 0.373. The van der Waals surface area contributed by atoms with Crippen LogP contribution in [0.25, 0.3) is 0 Å². The Bertz CT molecular complexity index is 337. The zero-order valence-corrected chi connectivity index (χ0v) is 9.19. The van der Waals surface area contributed by atoms with Gasteiger partial charge in [-0.2, -0.15) is 4.31 Å². The Hall–Kier alpha value is -0.910. The lowest BCUT2D eigenvalue weighted by atomic mass is 10.2. The van der Waals surface area contributed by atoms with Crippen molar-refractivity contribution in [2.24, 2.45) is 0 Å². The van der Waals surface area contributed by atoms with Crippen LogP contribution >= 0.6 is 0 Å². The van der Waals surface area contributed by atoms with Crippen LogP contribution in [-0.4, -0.2) is 39.2 Å². The highest BCUT2D eigenvalue weighted by Crippen LogP contribution is 2.15. The van der Waals surface area contributed by atoms with Crippen molar-refractivity contribution in [1.82, 2.24) is 4.31 Å². The smallest absolute Gasteiger partial charge is 0.234 e. The van der Waals surface area contributed by atoms with Gasteiger partial charge < -0.3 is 4.90 Å². The molecule has 1 aliphatic heterocycles. The predicted octanol–water partition coefficient (Wildman–Crippen LogP) is 0.945. The van der Waals surface area contributed by atoms with Gasteiger partial charge in [0, 0.05) is 31.9 Å². The molecule has 5 heteroatoms. The van der Waals surface area contributed by atoms with Crippen molar-refractivity contribution in [2.75, 3.05) is 31.1 Å². The van der Waals surface area contributed by atoms with E-state index in [9.17, 15) is 4.21 Å². The van der Waals surface area contributed by atoms with Gasteiger partial charge in [-0.05, 0) is 12.1 Å². The molecule has 1 unspecified atom stereocenters. The predicted molar refractivity (Wildman–Crippen MR) is 61.0 cm³/mol. The van der Waals surface area contributed by atoms with Gasteiger partial charge in [0.05, 0.1) is 0 Å². The van der Waals surface area contributed by atoms with Crippen molar-refractivity contribution in [3.05, 3.63) is 30.3 Å². The zero-order valence-electron chi connectivity index (χ0n) is 8.37. The first-order valence-electron chi connectivity index (χ1n) is 4.93. The van der Waals surface area contributed by atoms with Gasteiger partial charge in [-0.25, -0.2) is 4.21 Å². The second-order valence-corrected chi connectivity index (χ2v) is 4.46. The van der Waals surface area contributed by atoms with E-state index in [2.05, 4.69) is 17.0 Å². The number of anilines is 1. The quantitative estimate of drug-likeness (QED) is 0.763. The third-order valence-electron chi connectivity index (χ3n) is 2.58. The molecule has 1 fully saturated rings. The average molecular weight is 226 g/mol. The van der Waals surface area contributed by atoms with Gasteiger partial charge in [-0.3, -0.25) is 4.55 Å². The van der Waals surface area contributed by atoms with Crippen LogP contribution in [0.4, 0.5) is 5.69 Å². The Labute approximate surface area is 91.9 Å². The fourth-order valence-electron chi connectivity index (χ4n) is 1.74. The van der Waals surface area contributed by atoms with E-state index in [1.807, 2.05) is 18.2 Å². The monoisotopic (exact) mass is 226 g/mol. The van der Waals surface area contributed by atoms with Crippen molar-refractivity contribution in [2.45, 2.75) is 0 Å². The number of hydrogen-bond donors (Lipinski definition) is 1. The Kier molecular flexibility index (Phi) is 3.35. The fourth-order valence-corrected chi connectivity index (χ4v) is 2.22. The molecule has 4 nitrogen and oxygen atoms in total. The largest absolute Gasteiger partial charge is 0.369 e. The summed E-state index contributed by atoms with van der Waals surface area (Å²) >= 11 is -1.82. The molecule has 0 bridgehead atoms. The Morgan fingerprint density at radius 3 is 2.20 bits per heavy atom. The highest BCUT2D eigenvalue weighted by molar-refractivity contribution is 7.76. The van der Waals surface area contributed by atoms with E-state index in [0.29, 0.717) is 13.1 Å². The average Bonchev–Trinajstić information content (AvgIpc) is 2.30. The van der Waals surface area contributed by atoms with E-state index in [1.54, 1.807) is 4.31 Å². The van der Waals surface area contributed by atoms with Crippen LogP contribution in [-0.2, 0) is 11.3 Å². The summed E-state index contributed by atoms with van der Waals surface area (Å²) in [6.07, 6.45) is 0. The molecule has 1 heterocycles. The third-order valence-corrected chi connectivity index (χ3v) is 3.39. The fraction of sp³-hybridized carbons (Fsp3) is 0.400. The second-order valence-electron chi connectivity index (χ2n) is 3.48. The molecule has 1 saturated heterocycles. The maximum absolute atomic E-state index is 10.8. The lowest BCUT2D eigenvalue weighted by Gasteiger charge is -2.33. The lowest BCUT2D eigenvalue weighted by Crippen LogP contribution is -2.46. The van der Waals surface area contributed by atoms with E-state index < -0.39 is 11.3 Å². The topological polar surface area (TPSA) is 43.8 Å². The molecule has 0 amide bonds. The Morgan fingerprint density at radius 1 is 1.07 bits per heavy atom. The molecule has 1 aliphatic rings. The standard InChI is InChI=1S/C10H14N2O2S/c13-15(14)12-8-6-11(7-9-12)10-4-2-1-3-5-10/h1-5H,6-9H2,(H,13,14). The molecule has 15 heavy (non-hydrogen) atoms. The normalized spacial score (nSPS) is 20.2. The van der Waals surface area contributed by atoms with Crippen LogP contribution < -0.4 is 4.90 Å². The molecule has 1 aromatic carbocycles. The van der Waals surface area contributed by atoms with Gasteiger partial charge in [-0.1, -0.05) is 18.2 Å². The van der Waals surface area contributed by atoms with Crippen LogP contribution in [0.5, 0.6) is 0 Å². The molecule has 1 aromatic rings. The van der Waals surface area contributed by atoms with Crippen molar-refractivity contribution in [3.8, 4) is 0 Å². The minimum Gasteiger partial charge on any atom is -0.369 e. The van der Waals surface area contributed by atoms with Crippen LogP contribution in [0.2, 0.25) is 0 Å². The second kappa shape index (κ2) is 4.74. The van der Waals surface area contributed by atoms with Gasteiger partial charge in [-0.15, -0.1) is 0 Å². The van der Waals surface area contributed by atoms with Gasteiger partial charge in [0.1, 0.15) is 0 Å². The maximum atomic E-state index is 10.8. The molecule has 82 valence electrons. The number of benzene rings is 1. The first kappa shape index (κ1) is 10.6. The van der Waals surface area contributed by atoms with Crippen molar-refractivity contribution < 1.29 is 8.76 Å². The maximum Gasteiger partial charge on any atom is 0.234 e. The molecule has 1 atom stereocenters. The first-order chi connectivity index (χ1) is 7.27. The van der Waals surface area contributed by atoms with Crippen molar-refractivity contribution >= 4 is 17.0 Å². The summed E-state index contributed by atoms with van der Waals surface area (Å²) in [5, 5.41) is 0. The van der Waals surface area contributed by atoms with E-state index in [-0.39, 0.29) is 0 Å². The number of para-hydroxylation sites is 1. The minimum atomic E-state index is -1.82. The highest BCUT2D eigenvalue weighted by Gasteiger charge is 2.19. The van der Waals surface area contributed by atoms with Crippen LogP contribution in [0.1, 0.15) is 0 Å². The Balaban J connectivity index is 1.97. The number of nitrogens with zero attached hydrogens (tertiary/aromatic N) is 2.